The molecule has 0 unspecified atom stereocenters. The van der Waals surface area contributed by atoms with Crippen LogP contribution in [-0.2, 0) is 17.6 Å². The van der Waals surface area contributed by atoms with Gasteiger partial charge in [-0.15, -0.1) is 0 Å². The summed E-state index contributed by atoms with van der Waals surface area (Å²) in [5.74, 6) is 1.44. The number of nitrogens with one attached hydrogen (secondary N) is 3. The fourth-order valence-electron chi connectivity index (χ4n) is 5.35. The Balaban J connectivity index is 1.18. The normalized spacial score (nSPS) is 19.1. The van der Waals surface area contributed by atoms with Gasteiger partial charge in [0.05, 0.1) is 6.33 Å². The van der Waals surface area contributed by atoms with E-state index in [0.717, 1.165) is 73.3 Å². The third kappa shape index (κ3) is 5.13. The van der Waals surface area contributed by atoms with E-state index < -0.39 is 0 Å². The molecule has 9 nitrogen and oxygen atoms in total. The third-order valence-corrected chi connectivity index (χ3v) is 7.37. The molecule has 190 valence electrons. The fraction of sp³-hybridized carbons (Fsp3) is 0.357. The molecule has 2 aromatic carbocycles. The molecule has 37 heavy (non-hydrogen) atoms. The third-order valence-electron chi connectivity index (χ3n) is 7.37. The summed E-state index contributed by atoms with van der Waals surface area (Å²) in [6, 6.07) is 16.8. The SMILES string of the molecule is NC1CCC(Nc2nc(N3CCc4cc(NC(=O)CCc5ccccc5)ccc43)c3[nH]cnc3n2)CC1. The lowest BCUT2D eigenvalue weighted by atomic mass is 9.92. The van der Waals surface area contributed by atoms with Gasteiger partial charge in [-0.1, -0.05) is 30.3 Å². The van der Waals surface area contributed by atoms with Crippen LogP contribution in [0.2, 0.25) is 0 Å². The van der Waals surface area contributed by atoms with Crippen molar-refractivity contribution in [3.05, 3.63) is 66.0 Å². The number of carbonyl (C=O) groups excluding carboxylic acids is 1. The summed E-state index contributed by atoms with van der Waals surface area (Å²) in [4.78, 5) is 32.0. The molecule has 1 aliphatic heterocycles. The van der Waals surface area contributed by atoms with Crippen molar-refractivity contribution in [1.82, 2.24) is 19.9 Å². The van der Waals surface area contributed by atoms with Crippen molar-refractivity contribution in [2.24, 2.45) is 5.73 Å². The number of fused-ring (bicyclic) bond motifs is 2. The van der Waals surface area contributed by atoms with Crippen molar-refractivity contribution in [2.75, 3.05) is 22.1 Å². The van der Waals surface area contributed by atoms with Crippen LogP contribution in [-0.4, -0.2) is 44.5 Å². The minimum atomic E-state index is 0.0213. The van der Waals surface area contributed by atoms with Crippen LogP contribution in [0, 0.1) is 0 Å². The molecule has 3 heterocycles. The Morgan fingerprint density at radius 1 is 1.08 bits per heavy atom. The second-order valence-corrected chi connectivity index (χ2v) is 10.0. The summed E-state index contributed by atoms with van der Waals surface area (Å²) in [6.07, 6.45) is 7.77. The number of amides is 1. The van der Waals surface area contributed by atoms with Gasteiger partial charge in [0.1, 0.15) is 5.52 Å². The summed E-state index contributed by atoms with van der Waals surface area (Å²) in [6.45, 7) is 0.795. The lowest BCUT2D eigenvalue weighted by Crippen LogP contribution is -2.33. The Hall–Kier alpha value is -3.98. The van der Waals surface area contributed by atoms with E-state index in [2.05, 4.69) is 42.6 Å². The Labute approximate surface area is 215 Å². The van der Waals surface area contributed by atoms with E-state index in [0.29, 0.717) is 30.1 Å². The van der Waals surface area contributed by atoms with Crippen LogP contribution in [0.4, 0.5) is 23.1 Å². The number of H-pyrrole nitrogens is 1. The number of aromatic nitrogens is 4. The van der Waals surface area contributed by atoms with Crippen LogP contribution in [0.5, 0.6) is 0 Å². The van der Waals surface area contributed by atoms with E-state index >= 15 is 0 Å². The maximum Gasteiger partial charge on any atom is 0.227 e. The zero-order valence-corrected chi connectivity index (χ0v) is 20.8. The van der Waals surface area contributed by atoms with E-state index in [4.69, 9.17) is 10.7 Å². The largest absolute Gasteiger partial charge is 0.351 e. The number of anilines is 4. The van der Waals surface area contributed by atoms with Gasteiger partial charge < -0.3 is 26.3 Å². The Morgan fingerprint density at radius 2 is 1.92 bits per heavy atom. The second-order valence-electron chi connectivity index (χ2n) is 10.0. The van der Waals surface area contributed by atoms with Crippen molar-refractivity contribution in [3.63, 3.8) is 0 Å². The summed E-state index contributed by atoms with van der Waals surface area (Å²) in [5, 5.41) is 6.58. The van der Waals surface area contributed by atoms with E-state index in [1.165, 1.54) is 5.56 Å². The van der Waals surface area contributed by atoms with Crippen molar-refractivity contribution >= 4 is 40.2 Å². The summed E-state index contributed by atoms with van der Waals surface area (Å²) in [5.41, 5.74) is 11.8. The van der Waals surface area contributed by atoms with Gasteiger partial charge in [-0.3, -0.25) is 4.79 Å². The molecule has 0 radical (unpaired) electrons. The lowest BCUT2D eigenvalue weighted by molar-refractivity contribution is -0.116. The maximum atomic E-state index is 12.5. The van der Waals surface area contributed by atoms with E-state index in [-0.39, 0.29) is 5.91 Å². The maximum absolute atomic E-state index is 12.5. The highest BCUT2D eigenvalue weighted by Gasteiger charge is 2.26. The van der Waals surface area contributed by atoms with Crippen LogP contribution >= 0.6 is 0 Å². The van der Waals surface area contributed by atoms with Crippen LogP contribution in [0.3, 0.4) is 0 Å². The first-order chi connectivity index (χ1) is 18.1. The highest BCUT2D eigenvalue weighted by atomic mass is 16.1. The van der Waals surface area contributed by atoms with Crippen molar-refractivity contribution < 1.29 is 4.79 Å². The standard InChI is InChI=1S/C28H32N8O/c29-20-7-9-21(10-8-20)33-28-34-26-25(30-17-31-26)27(35-28)36-15-14-19-16-22(11-12-23(19)36)32-24(37)13-6-18-4-2-1-3-5-18/h1-5,11-12,16-17,20-21H,6-10,13-15,29H2,(H,32,37)(H2,30,31,33,34,35). The van der Waals surface area contributed by atoms with Crippen molar-refractivity contribution in [1.29, 1.82) is 0 Å². The number of rotatable bonds is 7. The van der Waals surface area contributed by atoms with Gasteiger partial charge in [0.2, 0.25) is 11.9 Å². The number of hydrogen-bond acceptors (Lipinski definition) is 7. The molecule has 0 bridgehead atoms. The number of aryl methyl sites for hydroxylation is 1. The van der Waals surface area contributed by atoms with Crippen molar-refractivity contribution in [3.8, 4) is 0 Å². The number of nitrogens with zero attached hydrogens (tertiary/aromatic N) is 4. The van der Waals surface area contributed by atoms with Gasteiger partial charge in [0.25, 0.3) is 0 Å². The number of imidazole rings is 1. The first-order valence-corrected chi connectivity index (χ1v) is 13.1. The summed E-state index contributed by atoms with van der Waals surface area (Å²) in [7, 11) is 0. The minimum absolute atomic E-state index is 0.0213. The number of benzene rings is 2. The second kappa shape index (κ2) is 10.2. The summed E-state index contributed by atoms with van der Waals surface area (Å²) < 4.78 is 0. The van der Waals surface area contributed by atoms with Crippen molar-refractivity contribution in [2.45, 2.75) is 57.0 Å². The van der Waals surface area contributed by atoms with Gasteiger partial charge >= 0.3 is 0 Å². The highest BCUT2D eigenvalue weighted by Crippen LogP contribution is 2.38. The van der Waals surface area contributed by atoms with E-state index in [9.17, 15) is 4.79 Å². The molecule has 4 aromatic rings. The molecule has 9 heteroatoms. The average molecular weight is 497 g/mol. The Kier molecular flexibility index (Phi) is 6.44. The number of carbonyl (C=O) groups is 1. The Bertz CT molecular complexity index is 1390. The first-order valence-electron chi connectivity index (χ1n) is 13.1. The molecule has 5 N–H and O–H groups in total. The molecule has 6 rings (SSSR count). The number of hydrogen-bond donors (Lipinski definition) is 4. The van der Waals surface area contributed by atoms with Gasteiger partial charge in [-0.2, -0.15) is 9.97 Å². The van der Waals surface area contributed by atoms with Crippen LogP contribution in [0.15, 0.2) is 54.9 Å². The van der Waals surface area contributed by atoms with Crippen LogP contribution in [0.25, 0.3) is 11.2 Å². The Morgan fingerprint density at radius 3 is 2.76 bits per heavy atom. The number of nitrogens with two attached hydrogens (primary N) is 1. The van der Waals surface area contributed by atoms with Gasteiger partial charge in [0.15, 0.2) is 11.5 Å². The van der Waals surface area contributed by atoms with Gasteiger partial charge in [0, 0.05) is 36.4 Å². The van der Waals surface area contributed by atoms with Crippen LogP contribution in [0.1, 0.15) is 43.2 Å². The topological polar surface area (TPSA) is 125 Å². The molecule has 1 fully saturated rings. The molecular formula is C28H32N8O. The minimum Gasteiger partial charge on any atom is -0.351 e. The van der Waals surface area contributed by atoms with E-state index in [1.807, 2.05) is 36.4 Å². The zero-order chi connectivity index (χ0) is 25.2. The first kappa shape index (κ1) is 23.4. The predicted molar refractivity (Wildman–Crippen MR) is 146 cm³/mol. The lowest BCUT2D eigenvalue weighted by Gasteiger charge is -2.27. The molecule has 1 aliphatic carbocycles. The molecular weight excluding hydrogens is 464 g/mol. The molecule has 0 atom stereocenters. The molecule has 2 aromatic heterocycles. The molecule has 0 spiro atoms. The molecule has 0 saturated heterocycles. The molecule has 1 amide bonds. The summed E-state index contributed by atoms with van der Waals surface area (Å²) >= 11 is 0. The fourth-order valence-corrected chi connectivity index (χ4v) is 5.35. The molecule has 2 aliphatic rings. The van der Waals surface area contributed by atoms with Gasteiger partial charge in [-0.05, 0) is 67.9 Å². The number of aromatic amines is 1. The average Bonchev–Trinajstić information content (AvgIpc) is 3.56. The zero-order valence-electron chi connectivity index (χ0n) is 20.8. The monoisotopic (exact) mass is 496 g/mol. The van der Waals surface area contributed by atoms with Gasteiger partial charge in [-0.25, -0.2) is 4.98 Å². The smallest absolute Gasteiger partial charge is 0.227 e. The van der Waals surface area contributed by atoms with E-state index in [1.54, 1.807) is 6.33 Å². The molecule has 1 saturated carbocycles. The highest BCUT2D eigenvalue weighted by molar-refractivity contribution is 5.92. The van der Waals surface area contributed by atoms with Crippen LogP contribution < -0.4 is 21.3 Å². The quantitative estimate of drug-likeness (QED) is 0.301. The predicted octanol–water partition coefficient (Wildman–Crippen LogP) is 4.30.